The Morgan fingerprint density at radius 1 is 1.35 bits per heavy atom. The lowest BCUT2D eigenvalue weighted by Crippen LogP contribution is -2.15. The van der Waals surface area contributed by atoms with Gasteiger partial charge in [0, 0.05) is 12.4 Å². The molecule has 2 N–H and O–H groups in total. The highest BCUT2D eigenvalue weighted by atomic mass is 16.5. The number of ether oxygens (including phenoxy) is 1. The molecule has 0 aliphatic rings. The largest absolute Gasteiger partial charge is 0.495 e. The molecule has 1 heterocycles. The number of hydrogen-bond acceptors (Lipinski definition) is 5. The van der Waals surface area contributed by atoms with E-state index in [2.05, 4.69) is 15.6 Å². The van der Waals surface area contributed by atoms with Crippen molar-refractivity contribution in [1.29, 1.82) is 5.26 Å². The van der Waals surface area contributed by atoms with Crippen molar-refractivity contribution >= 4 is 17.4 Å². The fourth-order valence-electron chi connectivity index (χ4n) is 1.85. The topological polar surface area (TPSA) is 87.0 Å². The number of nitrogens with one attached hydrogen (secondary N) is 2. The van der Waals surface area contributed by atoms with Crippen LogP contribution in [0.1, 0.15) is 5.56 Å². The maximum Gasteiger partial charge on any atom is 0.267 e. The lowest BCUT2D eigenvalue weighted by Gasteiger charge is -2.10. The van der Waals surface area contributed by atoms with Gasteiger partial charge in [-0.1, -0.05) is 12.1 Å². The minimum absolute atomic E-state index is 0.0702. The molecule has 1 aromatic carbocycles. The molecule has 0 saturated carbocycles. The van der Waals surface area contributed by atoms with Gasteiger partial charge in [0.25, 0.3) is 5.91 Å². The molecule has 2 rings (SSSR count). The van der Waals surface area contributed by atoms with Gasteiger partial charge in [0.1, 0.15) is 23.2 Å². The van der Waals surface area contributed by atoms with Crippen LogP contribution in [0.25, 0.3) is 0 Å². The highest BCUT2D eigenvalue weighted by Gasteiger charge is 2.12. The predicted molar refractivity (Wildman–Crippen MR) is 87.9 cm³/mol. The average molecular weight is 308 g/mol. The number of nitrogens with zero attached hydrogens (tertiary/aromatic N) is 2. The zero-order valence-corrected chi connectivity index (χ0v) is 12.8. The molecule has 0 unspecified atom stereocenters. The molecular weight excluding hydrogens is 292 g/mol. The molecule has 0 spiro atoms. The fraction of sp³-hybridized carbons (Fsp3) is 0.118. The van der Waals surface area contributed by atoms with E-state index in [1.165, 1.54) is 13.3 Å². The number of carbonyl (C=O) groups excluding carboxylic acids is 1. The lowest BCUT2D eigenvalue weighted by atomic mass is 10.2. The van der Waals surface area contributed by atoms with E-state index in [1.54, 1.807) is 36.5 Å². The predicted octanol–water partition coefficient (Wildman–Crippen LogP) is 2.86. The smallest absolute Gasteiger partial charge is 0.267 e. The van der Waals surface area contributed by atoms with Gasteiger partial charge in [0.15, 0.2) is 0 Å². The number of aryl methyl sites for hydroxylation is 1. The molecule has 1 amide bonds. The van der Waals surface area contributed by atoms with Gasteiger partial charge in [-0.15, -0.1) is 0 Å². The molecule has 0 aliphatic carbocycles. The van der Waals surface area contributed by atoms with Crippen molar-refractivity contribution in [3.8, 4) is 11.8 Å². The summed E-state index contributed by atoms with van der Waals surface area (Å²) in [5.41, 5.74) is 1.41. The van der Waals surface area contributed by atoms with E-state index in [1.807, 2.05) is 19.1 Å². The number of rotatable bonds is 5. The molecule has 0 radical (unpaired) electrons. The van der Waals surface area contributed by atoms with Crippen molar-refractivity contribution in [3.63, 3.8) is 0 Å². The third-order valence-corrected chi connectivity index (χ3v) is 3.00. The summed E-state index contributed by atoms with van der Waals surface area (Å²) in [4.78, 5) is 16.3. The molecule has 0 bridgehead atoms. The zero-order chi connectivity index (χ0) is 16.7. The number of amides is 1. The van der Waals surface area contributed by atoms with Gasteiger partial charge in [0.2, 0.25) is 0 Å². The van der Waals surface area contributed by atoms with E-state index in [4.69, 9.17) is 10.00 Å². The molecule has 0 fully saturated rings. The van der Waals surface area contributed by atoms with Gasteiger partial charge in [0.05, 0.1) is 12.8 Å². The number of hydrogen-bond donors (Lipinski definition) is 2. The van der Waals surface area contributed by atoms with Crippen LogP contribution >= 0.6 is 0 Å². The molecule has 1 aromatic heterocycles. The number of methoxy groups -OCH3 is 1. The monoisotopic (exact) mass is 308 g/mol. The third kappa shape index (κ3) is 4.32. The first-order valence-corrected chi connectivity index (χ1v) is 6.88. The standard InChI is InChI=1S/C17H16N4O2/c1-12-6-7-15(23-2)14(9-12)21-17(22)13(10-18)11-20-16-5-3-4-8-19-16/h3-9,11H,1-2H3,(H,19,20)(H,21,22)/b13-11-. The van der Waals surface area contributed by atoms with Crippen molar-refractivity contribution in [2.24, 2.45) is 0 Å². The first kappa shape index (κ1) is 16.0. The van der Waals surface area contributed by atoms with Crippen LogP contribution in [0.4, 0.5) is 11.5 Å². The normalized spacial score (nSPS) is 10.6. The molecule has 6 heteroatoms. The SMILES string of the molecule is COc1ccc(C)cc1NC(=O)/C(C#N)=C\Nc1ccccn1. The number of nitriles is 1. The molecule has 0 saturated heterocycles. The Bertz CT molecular complexity index is 764. The Labute approximate surface area is 134 Å². The van der Waals surface area contributed by atoms with Gasteiger partial charge in [-0.05, 0) is 36.8 Å². The van der Waals surface area contributed by atoms with Crippen molar-refractivity contribution in [2.45, 2.75) is 6.92 Å². The van der Waals surface area contributed by atoms with Crippen LogP contribution in [0.5, 0.6) is 5.75 Å². The minimum Gasteiger partial charge on any atom is -0.495 e. The van der Waals surface area contributed by atoms with Crippen molar-refractivity contribution in [3.05, 3.63) is 59.9 Å². The summed E-state index contributed by atoms with van der Waals surface area (Å²) in [6, 6.07) is 12.6. The maximum atomic E-state index is 12.2. The second-order valence-corrected chi connectivity index (χ2v) is 4.69. The van der Waals surface area contributed by atoms with Gasteiger partial charge in [-0.2, -0.15) is 5.26 Å². The average Bonchev–Trinajstić information content (AvgIpc) is 2.56. The van der Waals surface area contributed by atoms with Gasteiger partial charge >= 0.3 is 0 Å². The highest BCUT2D eigenvalue weighted by Crippen LogP contribution is 2.25. The van der Waals surface area contributed by atoms with Crippen LogP contribution in [0, 0.1) is 18.3 Å². The number of benzene rings is 1. The van der Waals surface area contributed by atoms with Crippen LogP contribution in [0.3, 0.4) is 0 Å². The number of aromatic nitrogens is 1. The molecule has 0 atom stereocenters. The summed E-state index contributed by atoms with van der Waals surface area (Å²) in [5, 5.41) is 14.7. The molecule has 116 valence electrons. The number of pyridine rings is 1. The summed E-state index contributed by atoms with van der Waals surface area (Å²) < 4.78 is 5.20. The summed E-state index contributed by atoms with van der Waals surface area (Å²) in [7, 11) is 1.52. The van der Waals surface area contributed by atoms with E-state index in [0.29, 0.717) is 17.3 Å². The van der Waals surface area contributed by atoms with Crippen LogP contribution in [-0.4, -0.2) is 18.0 Å². The minimum atomic E-state index is -0.528. The quantitative estimate of drug-likeness (QED) is 0.655. The number of anilines is 2. The summed E-state index contributed by atoms with van der Waals surface area (Å²) in [6.45, 7) is 1.90. The van der Waals surface area contributed by atoms with E-state index >= 15 is 0 Å². The summed E-state index contributed by atoms with van der Waals surface area (Å²) in [5.74, 6) is 0.542. The van der Waals surface area contributed by atoms with Crippen LogP contribution in [0.2, 0.25) is 0 Å². The molecule has 6 nitrogen and oxygen atoms in total. The second-order valence-electron chi connectivity index (χ2n) is 4.69. The van der Waals surface area contributed by atoms with Crippen molar-refractivity contribution in [2.75, 3.05) is 17.7 Å². The molecule has 23 heavy (non-hydrogen) atoms. The van der Waals surface area contributed by atoms with E-state index < -0.39 is 5.91 Å². The first-order chi connectivity index (χ1) is 11.1. The Kier molecular flexibility index (Phi) is 5.31. The third-order valence-electron chi connectivity index (χ3n) is 3.00. The Morgan fingerprint density at radius 2 is 2.17 bits per heavy atom. The maximum absolute atomic E-state index is 12.2. The van der Waals surface area contributed by atoms with Crippen LogP contribution in [-0.2, 0) is 4.79 Å². The lowest BCUT2D eigenvalue weighted by molar-refractivity contribution is -0.112. The second kappa shape index (κ2) is 7.61. The Hall–Kier alpha value is -3.33. The van der Waals surface area contributed by atoms with E-state index in [-0.39, 0.29) is 5.57 Å². The molecule has 2 aromatic rings. The van der Waals surface area contributed by atoms with Gasteiger partial charge < -0.3 is 15.4 Å². The summed E-state index contributed by atoms with van der Waals surface area (Å²) in [6.07, 6.45) is 2.93. The highest BCUT2D eigenvalue weighted by molar-refractivity contribution is 6.07. The molecule has 0 aliphatic heterocycles. The summed E-state index contributed by atoms with van der Waals surface area (Å²) >= 11 is 0. The van der Waals surface area contributed by atoms with Gasteiger partial charge in [-0.3, -0.25) is 4.79 Å². The van der Waals surface area contributed by atoms with Gasteiger partial charge in [-0.25, -0.2) is 4.98 Å². The van der Waals surface area contributed by atoms with Crippen molar-refractivity contribution < 1.29 is 9.53 Å². The molecular formula is C17H16N4O2. The van der Waals surface area contributed by atoms with E-state index in [0.717, 1.165) is 5.56 Å². The zero-order valence-electron chi connectivity index (χ0n) is 12.8. The van der Waals surface area contributed by atoms with E-state index in [9.17, 15) is 4.79 Å². The Balaban J connectivity index is 2.15. The first-order valence-electron chi connectivity index (χ1n) is 6.88. The van der Waals surface area contributed by atoms with Crippen LogP contribution in [0.15, 0.2) is 54.4 Å². The van der Waals surface area contributed by atoms with Crippen LogP contribution < -0.4 is 15.4 Å². The Morgan fingerprint density at radius 3 is 2.83 bits per heavy atom. The van der Waals surface area contributed by atoms with Crippen molar-refractivity contribution in [1.82, 2.24) is 4.98 Å². The number of carbonyl (C=O) groups is 1. The fourth-order valence-corrected chi connectivity index (χ4v) is 1.85.